The number of benzene rings is 1. The van der Waals surface area contributed by atoms with Gasteiger partial charge in [0.2, 0.25) is 5.91 Å². The summed E-state index contributed by atoms with van der Waals surface area (Å²) in [6, 6.07) is 5.11. The predicted molar refractivity (Wildman–Crippen MR) is 113 cm³/mol. The van der Waals surface area contributed by atoms with Crippen LogP contribution in [0.5, 0.6) is 11.5 Å². The lowest BCUT2D eigenvalue weighted by Gasteiger charge is -2.44. The van der Waals surface area contributed by atoms with E-state index in [0.29, 0.717) is 5.56 Å². The van der Waals surface area contributed by atoms with Gasteiger partial charge in [-0.25, -0.2) is 14.5 Å². The number of urea groups is 1. The Morgan fingerprint density at radius 3 is 2.68 bits per heavy atom. The van der Waals surface area contributed by atoms with Crippen LogP contribution in [0.25, 0.3) is 0 Å². The number of carbonyl (C=O) groups excluding carboxylic acids is 3. The topological polar surface area (TPSA) is 107 Å². The van der Waals surface area contributed by atoms with Gasteiger partial charge in [0.15, 0.2) is 17.5 Å². The van der Waals surface area contributed by atoms with Gasteiger partial charge in [-0.1, -0.05) is 6.07 Å². The summed E-state index contributed by atoms with van der Waals surface area (Å²) in [5.41, 5.74) is 2.02. The number of halogens is 2. The molecule has 3 atom stereocenters. The highest BCUT2D eigenvalue weighted by molar-refractivity contribution is 6.08. The first-order valence-corrected chi connectivity index (χ1v) is 10.7. The Balaban J connectivity index is 1.48. The van der Waals surface area contributed by atoms with Crippen LogP contribution in [-0.4, -0.2) is 46.7 Å². The van der Waals surface area contributed by atoms with Gasteiger partial charge in [-0.2, -0.15) is 0 Å². The van der Waals surface area contributed by atoms with Crippen molar-refractivity contribution in [3.63, 3.8) is 0 Å². The number of carbonyl (C=O) groups is 3. The van der Waals surface area contributed by atoms with Crippen molar-refractivity contribution in [1.82, 2.24) is 15.2 Å². The number of fused-ring (bicyclic) bond motifs is 1. The van der Waals surface area contributed by atoms with E-state index < -0.39 is 42.2 Å². The standard InChI is InChI=1S/C23H23F2N3O6/c1-4-32-21(30)19-16(10-14-7-8-26-12(2)9-14)20(29)28(19)22(31)27-13(3)15-5-6-17-18(11-15)34-23(24,25)33-17/h5-9,11,13,16,19H,4,10H2,1-3H3,(H,27,31)/t13-,16-,19+/m1/s1. The van der Waals surface area contributed by atoms with Crippen molar-refractivity contribution in [2.75, 3.05) is 6.61 Å². The molecule has 9 nitrogen and oxygen atoms in total. The van der Waals surface area contributed by atoms with E-state index >= 15 is 0 Å². The molecule has 1 saturated heterocycles. The molecule has 2 aromatic rings. The van der Waals surface area contributed by atoms with Gasteiger partial charge in [0, 0.05) is 11.9 Å². The molecular weight excluding hydrogens is 452 g/mol. The third-order valence-corrected chi connectivity index (χ3v) is 5.64. The molecule has 3 heterocycles. The van der Waals surface area contributed by atoms with Crippen molar-refractivity contribution in [2.24, 2.45) is 5.92 Å². The third kappa shape index (κ3) is 4.50. The molecule has 0 radical (unpaired) electrons. The molecule has 1 fully saturated rings. The van der Waals surface area contributed by atoms with Crippen molar-refractivity contribution in [3.05, 3.63) is 53.3 Å². The summed E-state index contributed by atoms with van der Waals surface area (Å²) in [6.07, 6.45) is -1.89. The van der Waals surface area contributed by atoms with Crippen LogP contribution in [0.2, 0.25) is 0 Å². The predicted octanol–water partition coefficient (Wildman–Crippen LogP) is 3.11. The number of nitrogens with one attached hydrogen (secondary N) is 1. The summed E-state index contributed by atoms with van der Waals surface area (Å²) in [5.74, 6) is -2.23. The van der Waals surface area contributed by atoms with E-state index in [1.807, 2.05) is 13.0 Å². The number of amides is 3. The molecule has 1 aromatic carbocycles. The maximum atomic E-state index is 13.3. The van der Waals surface area contributed by atoms with Crippen LogP contribution in [0.15, 0.2) is 36.5 Å². The van der Waals surface area contributed by atoms with Gasteiger partial charge in [0.25, 0.3) is 0 Å². The van der Waals surface area contributed by atoms with Gasteiger partial charge in [-0.15, -0.1) is 8.78 Å². The molecule has 2 aliphatic heterocycles. The van der Waals surface area contributed by atoms with Gasteiger partial charge < -0.3 is 19.5 Å². The number of hydrogen-bond donors (Lipinski definition) is 1. The van der Waals surface area contributed by atoms with Gasteiger partial charge in [0.1, 0.15) is 0 Å². The Morgan fingerprint density at radius 2 is 1.97 bits per heavy atom. The highest BCUT2D eigenvalue weighted by Crippen LogP contribution is 2.42. The van der Waals surface area contributed by atoms with Crippen molar-refractivity contribution in [3.8, 4) is 11.5 Å². The van der Waals surface area contributed by atoms with Gasteiger partial charge >= 0.3 is 18.3 Å². The first kappa shape index (κ1) is 23.4. The van der Waals surface area contributed by atoms with E-state index in [1.54, 1.807) is 26.1 Å². The molecule has 180 valence electrons. The molecule has 4 rings (SSSR count). The average Bonchev–Trinajstić information content (AvgIpc) is 3.08. The zero-order chi connectivity index (χ0) is 24.6. The van der Waals surface area contributed by atoms with E-state index in [0.717, 1.165) is 16.2 Å². The van der Waals surface area contributed by atoms with Crippen molar-refractivity contribution in [2.45, 2.75) is 45.6 Å². The minimum absolute atomic E-state index is 0.0955. The van der Waals surface area contributed by atoms with Gasteiger partial charge in [-0.3, -0.25) is 9.78 Å². The highest BCUT2D eigenvalue weighted by atomic mass is 19.3. The fraction of sp³-hybridized carbons (Fsp3) is 0.391. The average molecular weight is 475 g/mol. The summed E-state index contributed by atoms with van der Waals surface area (Å²) in [6.45, 7) is 5.15. The summed E-state index contributed by atoms with van der Waals surface area (Å²) in [5, 5.41) is 2.63. The number of nitrogens with zero attached hydrogens (tertiary/aromatic N) is 2. The van der Waals surface area contributed by atoms with Crippen LogP contribution in [0.3, 0.4) is 0 Å². The van der Waals surface area contributed by atoms with Crippen molar-refractivity contribution >= 4 is 17.9 Å². The molecule has 0 aliphatic carbocycles. The number of ether oxygens (including phenoxy) is 3. The van der Waals surface area contributed by atoms with Crippen LogP contribution in [0.1, 0.15) is 36.7 Å². The van der Waals surface area contributed by atoms with Gasteiger partial charge in [0.05, 0.1) is 18.6 Å². The Bertz CT molecular complexity index is 1140. The monoisotopic (exact) mass is 475 g/mol. The van der Waals surface area contributed by atoms with E-state index in [4.69, 9.17) is 4.74 Å². The first-order chi connectivity index (χ1) is 16.1. The molecule has 3 amide bonds. The number of hydrogen-bond acceptors (Lipinski definition) is 7. The molecule has 34 heavy (non-hydrogen) atoms. The van der Waals surface area contributed by atoms with Crippen LogP contribution >= 0.6 is 0 Å². The van der Waals surface area contributed by atoms with Crippen molar-refractivity contribution < 1.29 is 37.4 Å². The van der Waals surface area contributed by atoms with Crippen LogP contribution < -0.4 is 14.8 Å². The zero-order valence-corrected chi connectivity index (χ0v) is 18.7. The quantitative estimate of drug-likeness (QED) is 0.505. The number of imide groups is 1. The van der Waals surface area contributed by atoms with E-state index in [2.05, 4.69) is 19.8 Å². The number of rotatable bonds is 6. The largest absolute Gasteiger partial charge is 0.586 e. The summed E-state index contributed by atoms with van der Waals surface area (Å²) in [4.78, 5) is 43.4. The first-order valence-electron chi connectivity index (χ1n) is 10.7. The molecular formula is C23H23F2N3O6. The molecule has 0 spiro atoms. The summed E-state index contributed by atoms with van der Waals surface area (Å²) in [7, 11) is 0. The fourth-order valence-electron chi connectivity index (χ4n) is 4.03. The Labute approximate surface area is 194 Å². The SMILES string of the molecule is CCOC(=O)[C@@H]1[C@@H](Cc2ccnc(C)c2)C(=O)N1C(=O)N[C@H](C)c1ccc2c(c1)OC(F)(F)O2. The summed E-state index contributed by atoms with van der Waals surface area (Å²) >= 11 is 0. The maximum Gasteiger partial charge on any atom is 0.586 e. The lowest BCUT2D eigenvalue weighted by molar-refractivity contribution is -0.286. The lowest BCUT2D eigenvalue weighted by atomic mass is 9.82. The van der Waals surface area contributed by atoms with Crippen LogP contribution in [-0.2, 0) is 20.7 Å². The molecule has 2 aliphatic rings. The zero-order valence-electron chi connectivity index (χ0n) is 18.7. The number of esters is 1. The normalized spacial score (nSPS) is 21.0. The van der Waals surface area contributed by atoms with E-state index in [1.165, 1.54) is 18.2 Å². The highest BCUT2D eigenvalue weighted by Gasteiger charge is 2.55. The molecule has 0 saturated carbocycles. The lowest BCUT2D eigenvalue weighted by Crippen LogP contribution is -2.69. The Hall–Kier alpha value is -3.76. The number of alkyl halides is 2. The number of likely N-dealkylation sites (tertiary alicyclic amines) is 1. The second kappa shape index (κ2) is 8.88. The Morgan fingerprint density at radius 1 is 1.24 bits per heavy atom. The van der Waals surface area contributed by atoms with Crippen LogP contribution in [0, 0.1) is 12.8 Å². The second-order valence-corrected chi connectivity index (χ2v) is 8.07. The smallest absolute Gasteiger partial charge is 0.464 e. The molecule has 1 aromatic heterocycles. The molecule has 0 unspecified atom stereocenters. The minimum atomic E-state index is -3.76. The maximum absolute atomic E-state index is 13.3. The minimum Gasteiger partial charge on any atom is -0.464 e. The van der Waals surface area contributed by atoms with Crippen LogP contribution in [0.4, 0.5) is 13.6 Å². The van der Waals surface area contributed by atoms with E-state index in [9.17, 15) is 23.2 Å². The third-order valence-electron chi connectivity index (χ3n) is 5.64. The summed E-state index contributed by atoms with van der Waals surface area (Å²) < 4.78 is 40.5. The number of aryl methyl sites for hydroxylation is 1. The Kier molecular flexibility index (Phi) is 6.11. The van der Waals surface area contributed by atoms with Crippen molar-refractivity contribution in [1.29, 1.82) is 0 Å². The number of aromatic nitrogens is 1. The fourth-order valence-corrected chi connectivity index (χ4v) is 4.03. The number of pyridine rings is 1. The second-order valence-electron chi connectivity index (χ2n) is 8.07. The molecule has 1 N–H and O–H groups in total. The number of β-lactam (4-membered cyclic amide) rings is 1. The molecule has 11 heteroatoms. The van der Waals surface area contributed by atoms with Gasteiger partial charge in [-0.05, 0) is 62.6 Å². The molecule has 0 bridgehead atoms. The van der Waals surface area contributed by atoms with E-state index in [-0.39, 0.29) is 24.5 Å².